The number of benzene rings is 1. The fraction of sp³-hybridized carbons (Fsp3) is 0.438. The van der Waals surface area contributed by atoms with Crippen LogP contribution in [0.4, 0.5) is 0 Å². The smallest absolute Gasteiger partial charge is 0.233 e. The van der Waals surface area contributed by atoms with Gasteiger partial charge in [-0.1, -0.05) is 29.4 Å². The first-order valence-electron chi connectivity index (χ1n) is 7.75. The standard InChI is InChI=1S/C16H19ClN4O2S/c1-11-7-20(8-12(2)23-11)15(22)9-24-16-19-18-10-21(16)14-5-3-4-13(17)6-14/h3-6,10-12H,7-9H2,1-2H3/t11-,12+. The number of rotatable bonds is 4. The molecule has 2 aromatic rings. The number of aromatic nitrogens is 3. The van der Waals surface area contributed by atoms with Crippen LogP contribution in [0.5, 0.6) is 0 Å². The van der Waals surface area contributed by atoms with Gasteiger partial charge in [-0.3, -0.25) is 9.36 Å². The Balaban J connectivity index is 1.65. The van der Waals surface area contributed by atoms with Crippen LogP contribution >= 0.6 is 23.4 Å². The molecule has 3 rings (SSSR count). The molecule has 0 saturated carbocycles. The number of hydrogen-bond donors (Lipinski definition) is 0. The number of morpholine rings is 1. The van der Waals surface area contributed by atoms with E-state index in [9.17, 15) is 4.79 Å². The number of nitrogens with zero attached hydrogens (tertiary/aromatic N) is 4. The molecule has 6 nitrogen and oxygen atoms in total. The summed E-state index contributed by atoms with van der Waals surface area (Å²) in [4.78, 5) is 14.3. The lowest BCUT2D eigenvalue weighted by Crippen LogP contribution is -2.48. The van der Waals surface area contributed by atoms with E-state index in [0.29, 0.717) is 29.0 Å². The zero-order valence-electron chi connectivity index (χ0n) is 13.6. The second-order valence-corrected chi connectivity index (χ2v) is 7.19. The lowest BCUT2D eigenvalue weighted by atomic mass is 10.2. The van der Waals surface area contributed by atoms with E-state index in [1.165, 1.54) is 11.8 Å². The Hall–Kier alpha value is -1.57. The molecule has 8 heteroatoms. The summed E-state index contributed by atoms with van der Waals surface area (Å²) >= 11 is 7.41. The van der Waals surface area contributed by atoms with Gasteiger partial charge in [0.25, 0.3) is 0 Å². The van der Waals surface area contributed by atoms with Crippen LogP contribution in [0.2, 0.25) is 5.02 Å². The van der Waals surface area contributed by atoms with Gasteiger partial charge >= 0.3 is 0 Å². The summed E-state index contributed by atoms with van der Waals surface area (Å²) in [5.74, 6) is 0.404. The summed E-state index contributed by atoms with van der Waals surface area (Å²) in [6.45, 7) is 5.23. The topological polar surface area (TPSA) is 60.2 Å². The van der Waals surface area contributed by atoms with Crippen molar-refractivity contribution in [3.8, 4) is 5.69 Å². The highest BCUT2D eigenvalue weighted by atomic mass is 35.5. The van der Waals surface area contributed by atoms with E-state index in [1.807, 2.05) is 47.6 Å². The molecule has 1 fully saturated rings. The van der Waals surface area contributed by atoms with Crippen molar-refractivity contribution in [3.05, 3.63) is 35.6 Å². The second kappa shape index (κ2) is 7.55. The van der Waals surface area contributed by atoms with Gasteiger partial charge in [-0.15, -0.1) is 10.2 Å². The molecular weight excluding hydrogens is 348 g/mol. The SMILES string of the molecule is C[C@@H]1CN(C(=O)CSc2nncn2-c2cccc(Cl)c2)C[C@H](C)O1. The third-order valence-corrected chi connectivity index (χ3v) is 4.86. The Labute approximate surface area is 150 Å². The van der Waals surface area contributed by atoms with Crippen LogP contribution in [0.25, 0.3) is 5.69 Å². The number of thioether (sulfide) groups is 1. The van der Waals surface area contributed by atoms with Crippen molar-refractivity contribution >= 4 is 29.3 Å². The van der Waals surface area contributed by atoms with Gasteiger partial charge in [0.05, 0.1) is 23.6 Å². The van der Waals surface area contributed by atoms with Crippen molar-refractivity contribution in [2.24, 2.45) is 0 Å². The highest BCUT2D eigenvalue weighted by molar-refractivity contribution is 7.99. The summed E-state index contributed by atoms with van der Waals surface area (Å²) < 4.78 is 7.49. The fourth-order valence-electron chi connectivity index (χ4n) is 2.73. The Morgan fingerprint density at radius 3 is 2.83 bits per heavy atom. The molecule has 1 amide bonds. The average Bonchev–Trinajstić information content (AvgIpc) is 3.00. The van der Waals surface area contributed by atoms with E-state index < -0.39 is 0 Å². The van der Waals surface area contributed by atoms with Crippen LogP contribution in [0.3, 0.4) is 0 Å². The van der Waals surface area contributed by atoms with Crippen LogP contribution in [0, 0.1) is 0 Å². The van der Waals surface area contributed by atoms with Gasteiger partial charge in [-0.25, -0.2) is 0 Å². The molecule has 1 aliphatic heterocycles. The summed E-state index contributed by atoms with van der Waals surface area (Å²) in [5.41, 5.74) is 0.871. The molecule has 1 aromatic heterocycles. The highest BCUT2D eigenvalue weighted by Crippen LogP contribution is 2.22. The highest BCUT2D eigenvalue weighted by Gasteiger charge is 2.26. The summed E-state index contributed by atoms with van der Waals surface area (Å²) in [7, 11) is 0. The van der Waals surface area contributed by atoms with E-state index in [4.69, 9.17) is 16.3 Å². The maximum atomic E-state index is 12.5. The molecule has 1 aliphatic rings. The zero-order chi connectivity index (χ0) is 17.1. The maximum Gasteiger partial charge on any atom is 0.233 e. The van der Waals surface area contributed by atoms with Crippen LogP contribution < -0.4 is 0 Å². The van der Waals surface area contributed by atoms with Crippen LogP contribution in [0.15, 0.2) is 35.7 Å². The van der Waals surface area contributed by atoms with Gasteiger partial charge in [-0.05, 0) is 32.0 Å². The number of hydrogen-bond acceptors (Lipinski definition) is 5. The van der Waals surface area contributed by atoms with Crippen molar-refractivity contribution in [3.63, 3.8) is 0 Å². The molecule has 0 bridgehead atoms. The Morgan fingerprint density at radius 2 is 2.12 bits per heavy atom. The van der Waals surface area contributed by atoms with Crippen molar-refractivity contribution in [2.75, 3.05) is 18.8 Å². The molecule has 0 aliphatic carbocycles. The van der Waals surface area contributed by atoms with E-state index in [-0.39, 0.29) is 18.1 Å². The number of amides is 1. The predicted molar refractivity (Wildman–Crippen MR) is 93.7 cm³/mol. The molecule has 0 radical (unpaired) electrons. The zero-order valence-corrected chi connectivity index (χ0v) is 15.1. The number of halogens is 1. The van der Waals surface area contributed by atoms with Crippen molar-refractivity contribution in [2.45, 2.75) is 31.2 Å². The van der Waals surface area contributed by atoms with E-state index >= 15 is 0 Å². The summed E-state index contributed by atoms with van der Waals surface area (Å²) in [5, 5.41) is 9.36. The molecule has 0 spiro atoms. The minimum Gasteiger partial charge on any atom is -0.372 e. The molecule has 24 heavy (non-hydrogen) atoms. The van der Waals surface area contributed by atoms with Crippen LogP contribution in [0.1, 0.15) is 13.8 Å². The normalized spacial score (nSPS) is 21.0. The molecule has 2 heterocycles. The first-order valence-corrected chi connectivity index (χ1v) is 9.11. The minimum absolute atomic E-state index is 0.0674. The predicted octanol–water partition coefficient (Wildman–Crippen LogP) is 2.65. The molecular formula is C16H19ClN4O2S. The van der Waals surface area contributed by atoms with E-state index in [1.54, 1.807) is 6.33 Å². The molecule has 1 aromatic carbocycles. The van der Waals surface area contributed by atoms with Gasteiger partial charge in [0.1, 0.15) is 6.33 Å². The summed E-state index contributed by atoms with van der Waals surface area (Å²) in [6.07, 6.45) is 1.76. The largest absolute Gasteiger partial charge is 0.372 e. The Kier molecular flexibility index (Phi) is 5.43. The van der Waals surface area contributed by atoms with Crippen molar-refractivity contribution in [1.82, 2.24) is 19.7 Å². The lowest BCUT2D eigenvalue weighted by Gasteiger charge is -2.35. The minimum atomic E-state index is 0.0674. The third-order valence-electron chi connectivity index (χ3n) is 3.70. The maximum absolute atomic E-state index is 12.5. The number of carbonyl (C=O) groups is 1. The number of carbonyl (C=O) groups excluding carboxylic acids is 1. The van der Waals surface area contributed by atoms with Gasteiger partial charge in [-0.2, -0.15) is 0 Å². The third kappa shape index (κ3) is 4.09. The van der Waals surface area contributed by atoms with Crippen LogP contribution in [-0.2, 0) is 9.53 Å². The molecule has 128 valence electrons. The fourth-order valence-corrected chi connectivity index (χ4v) is 3.74. The van der Waals surface area contributed by atoms with Crippen LogP contribution in [-0.4, -0.2) is 56.6 Å². The second-order valence-electron chi connectivity index (χ2n) is 5.81. The van der Waals surface area contributed by atoms with Crippen molar-refractivity contribution in [1.29, 1.82) is 0 Å². The Morgan fingerprint density at radius 1 is 1.38 bits per heavy atom. The number of ether oxygens (including phenoxy) is 1. The summed E-state index contributed by atoms with van der Waals surface area (Å²) in [6, 6.07) is 7.44. The van der Waals surface area contributed by atoms with Gasteiger partial charge in [0.15, 0.2) is 5.16 Å². The van der Waals surface area contributed by atoms with Crippen molar-refractivity contribution < 1.29 is 9.53 Å². The van der Waals surface area contributed by atoms with Gasteiger partial charge < -0.3 is 9.64 Å². The van der Waals surface area contributed by atoms with E-state index in [0.717, 1.165) is 5.69 Å². The average molecular weight is 367 g/mol. The molecule has 1 saturated heterocycles. The molecule has 0 unspecified atom stereocenters. The first kappa shape index (κ1) is 17.3. The monoisotopic (exact) mass is 366 g/mol. The van der Waals surface area contributed by atoms with Gasteiger partial charge in [0, 0.05) is 18.1 Å². The molecule has 2 atom stereocenters. The first-order chi connectivity index (χ1) is 11.5. The molecule has 0 N–H and O–H groups in total. The van der Waals surface area contributed by atoms with E-state index in [2.05, 4.69) is 10.2 Å². The quantitative estimate of drug-likeness (QED) is 0.778. The lowest BCUT2D eigenvalue weighted by molar-refractivity contribution is -0.140. The van der Waals surface area contributed by atoms with Gasteiger partial charge in [0.2, 0.25) is 5.91 Å². The Bertz CT molecular complexity index is 714.